The summed E-state index contributed by atoms with van der Waals surface area (Å²) in [6.45, 7) is 3.80. The van der Waals surface area contributed by atoms with Gasteiger partial charge in [0.25, 0.3) is 0 Å². The summed E-state index contributed by atoms with van der Waals surface area (Å²) in [4.78, 5) is 25.5. The van der Waals surface area contributed by atoms with Gasteiger partial charge < -0.3 is 14.3 Å². The second-order valence-corrected chi connectivity index (χ2v) is 9.05. The predicted octanol–water partition coefficient (Wildman–Crippen LogP) is 5.85. The minimum atomic E-state index is -0.313. The Morgan fingerprint density at radius 2 is 1.83 bits per heavy atom. The molecule has 7 heteroatoms. The van der Waals surface area contributed by atoms with Crippen molar-refractivity contribution in [1.29, 1.82) is 0 Å². The van der Waals surface area contributed by atoms with Crippen LogP contribution >= 0.6 is 45.2 Å². The third-order valence-electron chi connectivity index (χ3n) is 4.64. The molecule has 5 nitrogen and oxygen atoms in total. The summed E-state index contributed by atoms with van der Waals surface area (Å²) >= 11 is 4.00. The van der Waals surface area contributed by atoms with Crippen LogP contribution in [0.2, 0.25) is 0 Å². The summed E-state index contributed by atoms with van der Waals surface area (Å²) in [6.07, 6.45) is 1.02. The lowest BCUT2D eigenvalue weighted by Gasteiger charge is -2.10. The van der Waals surface area contributed by atoms with Crippen molar-refractivity contribution in [2.75, 3.05) is 0 Å². The fourth-order valence-electron chi connectivity index (χ4n) is 2.94. The van der Waals surface area contributed by atoms with Crippen LogP contribution in [0.15, 0.2) is 40.8 Å². The summed E-state index contributed by atoms with van der Waals surface area (Å²) in [5, 5.41) is 10.7. The Bertz CT molecular complexity index is 1050. The quantitative estimate of drug-likeness (QED) is 0.204. The number of aryl methyl sites for hydroxylation is 1. The van der Waals surface area contributed by atoms with Crippen molar-refractivity contribution in [3.63, 3.8) is 0 Å². The lowest BCUT2D eigenvalue weighted by Crippen LogP contribution is -2.14. The molecule has 0 saturated carbocycles. The van der Waals surface area contributed by atoms with Crippen LogP contribution in [0, 0.1) is 7.14 Å². The van der Waals surface area contributed by atoms with E-state index in [1.165, 1.54) is 0 Å². The smallest absolute Gasteiger partial charge is 0.306 e. The number of fused-ring (bicyclic) bond motifs is 1. The molecule has 0 aliphatic carbocycles. The van der Waals surface area contributed by atoms with Gasteiger partial charge in [-0.05, 0) is 76.7 Å². The number of furan rings is 1. The number of esters is 1. The van der Waals surface area contributed by atoms with Crippen molar-refractivity contribution in [2.24, 2.45) is 0 Å². The van der Waals surface area contributed by atoms with E-state index in [1.807, 2.05) is 77.2 Å². The number of rotatable bonds is 7. The molecule has 0 radical (unpaired) electrons. The molecule has 2 aromatic carbocycles. The lowest BCUT2D eigenvalue weighted by molar-refractivity contribution is -0.148. The van der Waals surface area contributed by atoms with E-state index in [2.05, 4.69) is 0 Å². The number of carbonyl (C=O) groups excluding carboxylic acids is 2. The molecule has 29 heavy (non-hydrogen) atoms. The van der Waals surface area contributed by atoms with Crippen LogP contribution in [-0.4, -0.2) is 23.0 Å². The number of phenols is 1. The van der Waals surface area contributed by atoms with Crippen LogP contribution in [0.5, 0.6) is 5.75 Å². The normalized spacial score (nSPS) is 12.1. The first kappa shape index (κ1) is 22.1. The maximum atomic E-state index is 13.4. The molecule has 1 unspecified atom stereocenters. The Balaban J connectivity index is 1.97. The van der Waals surface area contributed by atoms with Crippen LogP contribution < -0.4 is 0 Å². The number of carbonyl (C=O) groups is 2. The first-order valence-electron chi connectivity index (χ1n) is 9.24. The highest BCUT2D eigenvalue weighted by Gasteiger charge is 2.24. The molecule has 1 N–H and O–H groups in total. The van der Waals surface area contributed by atoms with Crippen LogP contribution in [0.25, 0.3) is 11.0 Å². The van der Waals surface area contributed by atoms with E-state index in [-0.39, 0.29) is 36.4 Å². The van der Waals surface area contributed by atoms with E-state index in [9.17, 15) is 14.7 Å². The van der Waals surface area contributed by atoms with Gasteiger partial charge in [-0.3, -0.25) is 9.59 Å². The number of para-hydroxylation sites is 1. The number of aromatic hydroxyl groups is 1. The number of ether oxygens (including phenoxy) is 1. The van der Waals surface area contributed by atoms with Crippen molar-refractivity contribution >= 4 is 67.9 Å². The second kappa shape index (κ2) is 9.46. The van der Waals surface area contributed by atoms with E-state index in [1.54, 1.807) is 18.2 Å². The number of phenolic OH excluding ortho intramolecular Hbond substituents is 1. The van der Waals surface area contributed by atoms with Gasteiger partial charge in [-0.15, -0.1) is 0 Å². The largest absolute Gasteiger partial charge is 0.506 e. The number of benzene rings is 2. The van der Waals surface area contributed by atoms with Crippen molar-refractivity contribution in [1.82, 2.24) is 0 Å². The number of hydrogen-bond acceptors (Lipinski definition) is 5. The van der Waals surface area contributed by atoms with Gasteiger partial charge in [0.1, 0.15) is 17.1 Å². The maximum absolute atomic E-state index is 13.4. The predicted molar refractivity (Wildman–Crippen MR) is 127 cm³/mol. The lowest BCUT2D eigenvalue weighted by atomic mass is 9.98. The monoisotopic (exact) mass is 618 g/mol. The Labute approximate surface area is 196 Å². The zero-order valence-electron chi connectivity index (χ0n) is 16.0. The maximum Gasteiger partial charge on any atom is 0.306 e. The molecule has 0 amide bonds. The third kappa shape index (κ3) is 4.93. The molecule has 152 valence electrons. The molecule has 1 heterocycles. The highest BCUT2D eigenvalue weighted by Crippen LogP contribution is 2.32. The molecule has 1 atom stereocenters. The van der Waals surface area contributed by atoms with Crippen molar-refractivity contribution in [3.05, 3.63) is 60.4 Å². The first-order valence-corrected chi connectivity index (χ1v) is 11.4. The molecule has 0 bridgehead atoms. The van der Waals surface area contributed by atoms with Crippen molar-refractivity contribution in [3.8, 4) is 5.75 Å². The summed E-state index contributed by atoms with van der Waals surface area (Å²) in [7, 11) is 0. The molecule has 3 aromatic rings. The van der Waals surface area contributed by atoms with Gasteiger partial charge in [0.15, 0.2) is 5.78 Å². The Morgan fingerprint density at radius 1 is 1.17 bits per heavy atom. The molecule has 0 aliphatic rings. The van der Waals surface area contributed by atoms with E-state index >= 15 is 0 Å². The topological polar surface area (TPSA) is 76.7 Å². The van der Waals surface area contributed by atoms with Crippen molar-refractivity contribution < 1.29 is 23.8 Å². The molecule has 3 rings (SSSR count). The van der Waals surface area contributed by atoms with E-state index in [4.69, 9.17) is 9.15 Å². The average Bonchev–Trinajstić information content (AvgIpc) is 3.07. The molecule has 0 aliphatic heterocycles. The Kier molecular flexibility index (Phi) is 7.20. The number of hydrogen-bond donors (Lipinski definition) is 1. The van der Waals surface area contributed by atoms with E-state index < -0.39 is 0 Å². The Hall–Kier alpha value is -1.62. The molecule has 0 fully saturated rings. The number of halogens is 2. The number of ketones is 1. The Morgan fingerprint density at radius 3 is 2.48 bits per heavy atom. The minimum absolute atomic E-state index is 0.134. The molecular formula is C22H20I2O5. The van der Waals surface area contributed by atoms with Gasteiger partial charge in [0.05, 0.1) is 25.2 Å². The molecule has 0 saturated heterocycles. The van der Waals surface area contributed by atoms with Crippen molar-refractivity contribution in [2.45, 2.75) is 39.2 Å². The summed E-state index contributed by atoms with van der Waals surface area (Å²) in [5.74, 6) is 0.117. The minimum Gasteiger partial charge on any atom is -0.506 e. The summed E-state index contributed by atoms with van der Waals surface area (Å²) < 4.78 is 12.5. The first-order chi connectivity index (χ1) is 13.8. The SMILES string of the molecule is CCC(C)OC(=O)CCc1oc2ccccc2c1C(=O)c1cc(I)c(O)c(I)c1. The highest BCUT2D eigenvalue weighted by molar-refractivity contribution is 14.1. The third-order valence-corrected chi connectivity index (χ3v) is 6.28. The van der Waals surface area contributed by atoms with Gasteiger partial charge >= 0.3 is 5.97 Å². The standard InChI is InChI=1S/C22H20I2O5/c1-3-12(2)28-19(25)9-8-18-20(14-6-4-5-7-17(14)29-18)21(26)13-10-15(23)22(27)16(24)11-13/h4-7,10-12,27H,3,8-9H2,1-2H3. The van der Waals surface area contributed by atoms with Crippen LogP contribution in [-0.2, 0) is 16.0 Å². The summed E-state index contributed by atoms with van der Waals surface area (Å²) in [6, 6.07) is 10.6. The van der Waals surface area contributed by atoms with Gasteiger partial charge in [-0.25, -0.2) is 0 Å². The molecule has 1 aromatic heterocycles. The van der Waals surface area contributed by atoms with Gasteiger partial charge in [0, 0.05) is 17.4 Å². The second-order valence-electron chi connectivity index (χ2n) is 6.72. The van der Waals surface area contributed by atoms with Crippen LogP contribution in [0.1, 0.15) is 48.4 Å². The zero-order valence-corrected chi connectivity index (χ0v) is 20.3. The van der Waals surface area contributed by atoms with Crippen LogP contribution in [0.4, 0.5) is 0 Å². The van der Waals surface area contributed by atoms with Gasteiger partial charge in [-0.1, -0.05) is 25.1 Å². The zero-order chi connectivity index (χ0) is 21.1. The fourth-order valence-corrected chi connectivity index (χ4v) is 4.71. The highest BCUT2D eigenvalue weighted by atomic mass is 127. The average molecular weight is 618 g/mol. The van der Waals surface area contributed by atoms with E-state index in [0.717, 1.165) is 6.42 Å². The summed E-state index contributed by atoms with van der Waals surface area (Å²) in [5.41, 5.74) is 1.52. The molecule has 0 spiro atoms. The molecular weight excluding hydrogens is 598 g/mol. The van der Waals surface area contributed by atoms with Gasteiger partial charge in [0.2, 0.25) is 0 Å². The van der Waals surface area contributed by atoms with Gasteiger partial charge in [-0.2, -0.15) is 0 Å². The van der Waals surface area contributed by atoms with E-state index in [0.29, 0.717) is 35.0 Å². The fraction of sp³-hybridized carbons (Fsp3) is 0.273. The van der Waals surface area contributed by atoms with Crippen LogP contribution in [0.3, 0.4) is 0 Å².